The summed E-state index contributed by atoms with van der Waals surface area (Å²) in [5, 5.41) is 5.75. The molecule has 1 saturated heterocycles. The minimum absolute atomic E-state index is 0.569. The summed E-state index contributed by atoms with van der Waals surface area (Å²) >= 11 is 1.90. The van der Waals surface area contributed by atoms with Crippen LogP contribution in [-0.4, -0.2) is 33.6 Å². The summed E-state index contributed by atoms with van der Waals surface area (Å²) < 4.78 is 2.28. The monoisotopic (exact) mass is 344 g/mol. The highest BCUT2D eigenvalue weighted by Gasteiger charge is 2.56. The molecule has 0 radical (unpaired) electrons. The summed E-state index contributed by atoms with van der Waals surface area (Å²) in [6.07, 6.45) is 8.09. The molecule has 2 aromatic heterocycles. The summed E-state index contributed by atoms with van der Waals surface area (Å²) in [5.41, 5.74) is 2.00. The number of imidazole rings is 1. The summed E-state index contributed by atoms with van der Waals surface area (Å²) in [5.74, 6) is 1.21. The first-order valence-electron chi connectivity index (χ1n) is 9.19. The average Bonchev–Trinajstić information content (AvgIpc) is 2.94. The van der Waals surface area contributed by atoms with Crippen molar-refractivity contribution in [3.05, 3.63) is 40.1 Å². The van der Waals surface area contributed by atoms with E-state index >= 15 is 0 Å². The summed E-state index contributed by atoms with van der Waals surface area (Å²) in [7, 11) is 0. The Morgan fingerprint density at radius 3 is 2.92 bits per heavy atom. The van der Waals surface area contributed by atoms with E-state index in [0.717, 1.165) is 25.7 Å². The fraction of sp³-hybridized carbons (Fsp3) is 0.632. The van der Waals surface area contributed by atoms with Crippen molar-refractivity contribution in [2.75, 3.05) is 13.1 Å². The van der Waals surface area contributed by atoms with Gasteiger partial charge in [0.2, 0.25) is 0 Å². The Kier molecular flexibility index (Phi) is 4.50. The minimum atomic E-state index is 0.569. The van der Waals surface area contributed by atoms with E-state index in [1.807, 2.05) is 17.5 Å². The molecule has 3 heterocycles. The molecule has 2 aliphatic rings. The zero-order valence-corrected chi connectivity index (χ0v) is 15.6. The van der Waals surface area contributed by atoms with Crippen molar-refractivity contribution >= 4 is 11.3 Å². The van der Waals surface area contributed by atoms with Crippen LogP contribution in [0.4, 0.5) is 0 Å². The summed E-state index contributed by atoms with van der Waals surface area (Å²) in [6, 6.07) is 2.97. The van der Waals surface area contributed by atoms with Crippen LogP contribution in [0, 0.1) is 12.3 Å². The summed E-state index contributed by atoms with van der Waals surface area (Å²) in [6.45, 7) is 9.85. The molecule has 1 atom stereocenters. The highest BCUT2D eigenvalue weighted by atomic mass is 32.1. The molecule has 4 nitrogen and oxygen atoms in total. The molecular weight excluding hydrogens is 316 g/mol. The van der Waals surface area contributed by atoms with Gasteiger partial charge in [0.05, 0.1) is 6.54 Å². The predicted octanol–water partition coefficient (Wildman–Crippen LogP) is 3.42. The van der Waals surface area contributed by atoms with Gasteiger partial charge >= 0.3 is 0 Å². The van der Waals surface area contributed by atoms with Crippen LogP contribution in [-0.2, 0) is 19.6 Å². The molecule has 1 saturated carbocycles. The molecule has 1 N–H and O–H groups in total. The van der Waals surface area contributed by atoms with Gasteiger partial charge in [0.25, 0.3) is 0 Å². The second-order valence-electron chi connectivity index (χ2n) is 7.39. The first kappa shape index (κ1) is 16.3. The average molecular weight is 345 g/mol. The lowest BCUT2D eigenvalue weighted by Crippen LogP contribution is -2.36. The van der Waals surface area contributed by atoms with E-state index < -0.39 is 0 Å². The molecule has 0 aromatic carbocycles. The van der Waals surface area contributed by atoms with Crippen LogP contribution in [0.1, 0.15) is 42.5 Å². The first-order valence-corrected chi connectivity index (χ1v) is 10.1. The Morgan fingerprint density at radius 2 is 2.21 bits per heavy atom. The number of hydrogen-bond donors (Lipinski definition) is 1. The highest BCUT2D eigenvalue weighted by molar-refractivity contribution is 7.10. The van der Waals surface area contributed by atoms with E-state index in [0.29, 0.717) is 5.41 Å². The van der Waals surface area contributed by atoms with Crippen molar-refractivity contribution < 1.29 is 0 Å². The molecule has 1 aliphatic heterocycles. The fourth-order valence-electron chi connectivity index (χ4n) is 4.29. The number of aromatic nitrogens is 2. The van der Waals surface area contributed by atoms with Crippen LogP contribution in [0.3, 0.4) is 0 Å². The summed E-state index contributed by atoms with van der Waals surface area (Å²) in [4.78, 5) is 8.86. The quantitative estimate of drug-likeness (QED) is 0.872. The molecule has 1 aliphatic carbocycles. The molecule has 2 fully saturated rings. The van der Waals surface area contributed by atoms with Crippen molar-refractivity contribution in [3.8, 4) is 0 Å². The molecule has 130 valence electrons. The Labute approximate surface area is 148 Å². The van der Waals surface area contributed by atoms with E-state index in [9.17, 15) is 0 Å². The van der Waals surface area contributed by atoms with E-state index in [1.54, 1.807) is 0 Å². The maximum Gasteiger partial charge on any atom is 0.122 e. The number of aryl methyl sites for hydroxylation is 2. The van der Waals surface area contributed by atoms with Gasteiger partial charge in [-0.1, -0.05) is 0 Å². The number of piperidine rings is 1. The number of thiophene rings is 1. The zero-order chi connectivity index (χ0) is 16.6. The van der Waals surface area contributed by atoms with Crippen molar-refractivity contribution in [2.45, 2.75) is 58.8 Å². The SMILES string of the molecule is CCn1ccnc1CN(Cc1sccc1C)[C@@H]1CC12CCNCC2. The molecule has 0 unspecified atom stereocenters. The molecule has 24 heavy (non-hydrogen) atoms. The first-order chi connectivity index (χ1) is 11.7. The van der Waals surface area contributed by atoms with E-state index in [2.05, 4.69) is 51.3 Å². The van der Waals surface area contributed by atoms with Crippen molar-refractivity contribution in [2.24, 2.45) is 5.41 Å². The van der Waals surface area contributed by atoms with Gasteiger partial charge in [-0.2, -0.15) is 0 Å². The van der Waals surface area contributed by atoms with E-state index in [-0.39, 0.29) is 0 Å². The number of nitrogens with zero attached hydrogens (tertiary/aromatic N) is 3. The molecular formula is C19H28N4S. The van der Waals surface area contributed by atoms with Gasteiger partial charge < -0.3 is 9.88 Å². The van der Waals surface area contributed by atoms with Gasteiger partial charge in [0, 0.05) is 36.4 Å². The molecule has 5 heteroatoms. The second-order valence-corrected chi connectivity index (χ2v) is 8.39. The Morgan fingerprint density at radius 1 is 1.38 bits per heavy atom. The Bertz CT molecular complexity index is 683. The van der Waals surface area contributed by atoms with Gasteiger partial charge in [-0.05, 0) is 68.6 Å². The highest BCUT2D eigenvalue weighted by Crippen LogP contribution is 2.56. The Hall–Kier alpha value is -1.17. The van der Waals surface area contributed by atoms with Crippen molar-refractivity contribution in [1.82, 2.24) is 19.8 Å². The fourth-order valence-corrected chi connectivity index (χ4v) is 5.22. The molecule has 0 bridgehead atoms. The van der Waals surface area contributed by atoms with Crippen LogP contribution in [0.2, 0.25) is 0 Å². The normalized spacial score (nSPS) is 22.4. The topological polar surface area (TPSA) is 33.1 Å². The van der Waals surface area contributed by atoms with Gasteiger partial charge in [-0.25, -0.2) is 4.98 Å². The Balaban J connectivity index is 1.54. The standard InChI is InChI=1S/C19H28N4S/c1-3-22-10-9-21-18(22)14-23(13-16-15(2)4-11-24-16)17-12-19(17)5-7-20-8-6-19/h4,9-11,17,20H,3,5-8,12-14H2,1-2H3/t17-/m1/s1. The van der Waals surface area contributed by atoms with Crippen LogP contribution >= 0.6 is 11.3 Å². The second kappa shape index (κ2) is 6.62. The molecule has 1 spiro atoms. The van der Waals surface area contributed by atoms with E-state index in [1.165, 1.54) is 48.6 Å². The van der Waals surface area contributed by atoms with Crippen molar-refractivity contribution in [3.63, 3.8) is 0 Å². The van der Waals surface area contributed by atoms with Gasteiger partial charge in [0.1, 0.15) is 5.82 Å². The smallest absolute Gasteiger partial charge is 0.122 e. The lowest BCUT2D eigenvalue weighted by atomic mass is 9.93. The maximum atomic E-state index is 4.63. The predicted molar refractivity (Wildman–Crippen MR) is 99.1 cm³/mol. The van der Waals surface area contributed by atoms with Crippen LogP contribution < -0.4 is 5.32 Å². The molecule has 2 aromatic rings. The largest absolute Gasteiger partial charge is 0.334 e. The number of hydrogen-bond acceptors (Lipinski definition) is 4. The maximum absolute atomic E-state index is 4.63. The third kappa shape index (κ3) is 3.05. The third-order valence-electron chi connectivity index (χ3n) is 5.99. The molecule has 4 rings (SSSR count). The molecule has 0 amide bonds. The zero-order valence-electron chi connectivity index (χ0n) is 14.8. The van der Waals surface area contributed by atoms with Gasteiger partial charge in [-0.3, -0.25) is 4.90 Å². The lowest BCUT2D eigenvalue weighted by Gasteiger charge is -2.29. The van der Waals surface area contributed by atoms with Gasteiger partial charge in [0.15, 0.2) is 0 Å². The van der Waals surface area contributed by atoms with Crippen LogP contribution in [0.25, 0.3) is 0 Å². The van der Waals surface area contributed by atoms with Crippen LogP contribution in [0.5, 0.6) is 0 Å². The van der Waals surface area contributed by atoms with Crippen molar-refractivity contribution in [1.29, 1.82) is 0 Å². The number of nitrogens with one attached hydrogen (secondary N) is 1. The lowest BCUT2D eigenvalue weighted by molar-refractivity contribution is 0.183. The third-order valence-corrected chi connectivity index (χ3v) is 7.00. The van der Waals surface area contributed by atoms with E-state index in [4.69, 9.17) is 0 Å². The van der Waals surface area contributed by atoms with Crippen LogP contribution in [0.15, 0.2) is 23.8 Å². The number of rotatable bonds is 6. The van der Waals surface area contributed by atoms with Gasteiger partial charge in [-0.15, -0.1) is 11.3 Å². The minimum Gasteiger partial charge on any atom is -0.334 e.